The van der Waals surface area contributed by atoms with E-state index in [0.717, 1.165) is 58.2 Å². The van der Waals surface area contributed by atoms with Crippen LogP contribution in [0.4, 0.5) is 13.2 Å². The van der Waals surface area contributed by atoms with Gasteiger partial charge in [0.25, 0.3) is 0 Å². The van der Waals surface area contributed by atoms with Crippen molar-refractivity contribution >= 4 is 17.7 Å². The molecule has 0 bridgehead atoms. The molecule has 0 aromatic rings. The molecule has 0 aliphatic carbocycles. The Bertz CT molecular complexity index is 760. The van der Waals surface area contributed by atoms with Crippen LogP contribution in [0.3, 0.4) is 0 Å². The maximum absolute atomic E-state index is 13.6. The van der Waals surface area contributed by atoms with E-state index in [9.17, 15) is 33.3 Å². The Morgan fingerprint density at radius 3 is 2.48 bits per heavy atom. The number of hydrogen-bond acceptors (Lipinski definition) is 9. The smallest absolute Gasteiger partial charge is 0.388 e. The Balaban J connectivity index is 1.60. The van der Waals surface area contributed by atoms with Crippen LogP contribution in [0.15, 0.2) is 0 Å². The van der Waals surface area contributed by atoms with Gasteiger partial charge in [-0.1, -0.05) is 6.92 Å². The van der Waals surface area contributed by atoms with Crippen LogP contribution in [0.5, 0.6) is 0 Å². The maximum atomic E-state index is 13.6. The molecule has 8 atom stereocenters. The lowest BCUT2D eigenvalue weighted by molar-refractivity contribution is -0.209. The fourth-order valence-corrected chi connectivity index (χ4v) is 7.00. The summed E-state index contributed by atoms with van der Waals surface area (Å²) in [5.74, 6) is 0.203. The number of aliphatic hydroxyl groups excluding tert-OH is 3. The van der Waals surface area contributed by atoms with E-state index in [4.69, 9.17) is 4.74 Å². The van der Waals surface area contributed by atoms with Crippen molar-refractivity contribution in [3.8, 4) is 0 Å². The summed E-state index contributed by atoms with van der Waals surface area (Å²) < 4.78 is 43.1. The first-order valence-corrected chi connectivity index (χ1v) is 16.1. The number of nitrogens with one attached hydrogen (secondary N) is 3. The number of likely N-dealkylation sites (tertiary alicyclic amines) is 1. The number of nitrogens with zero attached hydrogens (tertiary/aromatic N) is 1. The van der Waals surface area contributed by atoms with Crippen molar-refractivity contribution in [3.63, 3.8) is 0 Å². The molecule has 3 rings (SSSR count). The number of halogens is 3. The first-order valence-electron chi connectivity index (χ1n) is 14.8. The number of piperidine rings is 1. The minimum Gasteiger partial charge on any atom is -0.388 e. The van der Waals surface area contributed by atoms with Crippen LogP contribution in [0.25, 0.3) is 0 Å². The standard InChI is InChI=1S/C27H49F3N4O5S/c1-3-13-34-14-9-18(10-15-34)20(24-22(36)21(35)23(37)26(39-24)40-2)33-25(38)19-7-6-17(8-12-32-19)5-4-11-31-16-27(28,29)30/h17-24,26,31-32,35-37H,3-16H2,1-2H3,(H,33,38)/t17-,19-,20?,21?,22?,23?,24+,26?/m0/s1. The monoisotopic (exact) mass is 598 g/mol. The number of amides is 1. The molecule has 13 heteroatoms. The van der Waals surface area contributed by atoms with Crippen LogP contribution >= 0.6 is 11.8 Å². The van der Waals surface area contributed by atoms with Crippen LogP contribution in [0, 0.1) is 11.8 Å². The average molecular weight is 599 g/mol. The molecule has 6 N–H and O–H groups in total. The molecule has 0 aromatic carbocycles. The number of aliphatic hydroxyl groups is 3. The zero-order valence-corrected chi connectivity index (χ0v) is 24.6. The summed E-state index contributed by atoms with van der Waals surface area (Å²) in [6.45, 7) is 4.89. The number of ether oxygens (including phenoxy) is 1. The van der Waals surface area contributed by atoms with Gasteiger partial charge in [-0.25, -0.2) is 0 Å². The molecule has 0 saturated carbocycles. The van der Waals surface area contributed by atoms with Gasteiger partial charge in [0.05, 0.1) is 18.6 Å². The van der Waals surface area contributed by atoms with E-state index in [1.165, 1.54) is 11.8 Å². The molecular weight excluding hydrogens is 549 g/mol. The number of carbonyl (C=O) groups excluding carboxylic acids is 1. The van der Waals surface area contributed by atoms with E-state index in [0.29, 0.717) is 31.8 Å². The third-order valence-corrected chi connectivity index (χ3v) is 9.45. The van der Waals surface area contributed by atoms with Crippen molar-refractivity contribution in [3.05, 3.63) is 0 Å². The van der Waals surface area contributed by atoms with Crippen molar-refractivity contribution in [2.75, 3.05) is 45.5 Å². The van der Waals surface area contributed by atoms with Gasteiger partial charge in [0, 0.05) is 0 Å². The van der Waals surface area contributed by atoms with Crippen LogP contribution < -0.4 is 16.0 Å². The molecule has 234 valence electrons. The topological polar surface area (TPSA) is 126 Å². The lowest BCUT2D eigenvalue weighted by Crippen LogP contribution is -2.65. The van der Waals surface area contributed by atoms with Gasteiger partial charge in [0.15, 0.2) is 0 Å². The van der Waals surface area contributed by atoms with Gasteiger partial charge in [-0.2, -0.15) is 13.2 Å². The third kappa shape index (κ3) is 9.96. The predicted octanol–water partition coefficient (Wildman–Crippen LogP) is 1.45. The summed E-state index contributed by atoms with van der Waals surface area (Å²) in [7, 11) is 0. The second-order valence-electron chi connectivity index (χ2n) is 11.6. The molecule has 1 amide bonds. The van der Waals surface area contributed by atoms with Crippen LogP contribution in [-0.2, 0) is 9.53 Å². The number of hydrogen-bond donors (Lipinski definition) is 6. The summed E-state index contributed by atoms with van der Waals surface area (Å²) in [5.41, 5.74) is -0.717. The zero-order chi connectivity index (χ0) is 29.3. The van der Waals surface area contributed by atoms with Gasteiger partial charge in [-0.15, -0.1) is 11.8 Å². The van der Waals surface area contributed by atoms with Gasteiger partial charge in [0.1, 0.15) is 29.9 Å². The fraction of sp³-hybridized carbons (Fsp3) is 0.963. The Morgan fingerprint density at radius 1 is 1.10 bits per heavy atom. The number of rotatable bonds is 12. The lowest BCUT2D eigenvalue weighted by Gasteiger charge is -2.46. The summed E-state index contributed by atoms with van der Waals surface area (Å²) in [6, 6.07) is -0.952. The van der Waals surface area contributed by atoms with Crippen molar-refractivity contribution in [1.82, 2.24) is 20.9 Å². The van der Waals surface area contributed by atoms with Gasteiger partial charge in [-0.3, -0.25) is 4.79 Å². The summed E-state index contributed by atoms with van der Waals surface area (Å²) in [5, 5.41) is 40.8. The first kappa shape index (κ1) is 33.8. The summed E-state index contributed by atoms with van der Waals surface area (Å²) in [4.78, 5) is 16.0. The molecule has 3 saturated heterocycles. The molecule has 3 aliphatic heterocycles. The van der Waals surface area contributed by atoms with Crippen LogP contribution in [0.1, 0.15) is 58.3 Å². The largest absolute Gasteiger partial charge is 0.401 e. The van der Waals surface area contributed by atoms with Crippen LogP contribution in [-0.4, -0.2) is 120 Å². The van der Waals surface area contributed by atoms with Crippen molar-refractivity contribution in [2.24, 2.45) is 11.8 Å². The average Bonchev–Trinajstić information content (AvgIpc) is 3.17. The van der Waals surface area contributed by atoms with Gasteiger partial charge >= 0.3 is 6.18 Å². The van der Waals surface area contributed by atoms with Gasteiger partial charge in [0.2, 0.25) is 5.91 Å². The quantitative estimate of drug-likeness (QED) is 0.185. The Kier molecular flexibility index (Phi) is 13.7. The van der Waals surface area contributed by atoms with E-state index >= 15 is 0 Å². The molecule has 3 heterocycles. The summed E-state index contributed by atoms with van der Waals surface area (Å²) in [6.07, 6.45) is -0.814. The second kappa shape index (κ2) is 16.3. The highest BCUT2D eigenvalue weighted by molar-refractivity contribution is 7.99. The van der Waals surface area contributed by atoms with Gasteiger partial charge in [-0.05, 0) is 102 Å². The summed E-state index contributed by atoms with van der Waals surface area (Å²) >= 11 is 1.26. The third-order valence-electron chi connectivity index (χ3n) is 8.60. The lowest BCUT2D eigenvalue weighted by atomic mass is 9.82. The highest BCUT2D eigenvalue weighted by Crippen LogP contribution is 2.33. The molecule has 0 spiro atoms. The Labute approximate surface area is 240 Å². The molecule has 3 fully saturated rings. The van der Waals surface area contributed by atoms with E-state index in [2.05, 4.69) is 27.8 Å². The number of alkyl halides is 3. The van der Waals surface area contributed by atoms with Crippen molar-refractivity contribution in [2.45, 2.75) is 106 Å². The second-order valence-corrected chi connectivity index (χ2v) is 12.5. The zero-order valence-electron chi connectivity index (χ0n) is 23.7. The molecule has 5 unspecified atom stereocenters. The normalized spacial score (nSPS) is 33.9. The molecule has 0 aromatic heterocycles. The predicted molar refractivity (Wildman–Crippen MR) is 149 cm³/mol. The molecule has 3 aliphatic rings. The highest BCUT2D eigenvalue weighted by atomic mass is 32.2. The SMILES string of the molecule is CCCN1CCC(C(NC(=O)[C@@H]2CC[C@H](CCCNCC(F)(F)F)CCN2)[C@H]2OC(SC)C(O)C(O)C2O)CC1. The Hall–Kier alpha value is -0.670. The van der Waals surface area contributed by atoms with E-state index in [-0.39, 0.29) is 11.8 Å². The van der Waals surface area contributed by atoms with Gasteiger partial charge < -0.3 is 40.9 Å². The van der Waals surface area contributed by atoms with Crippen molar-refractivity contribution < 1.29 is 38.0 Å². The van der Waals surface area contributed by atoms with E-state index in [1.807, 2.05) is 0 Å². The number of thioether (sulfide) groups is 1. The molecule has 0 radical (unpaired) electrons. The van der Waals surface area contributed by atoms with E-state index in [1.54, 1.807) is 6.26 Å². The minimum absolute atomic E-state index is 0.0457. The fourth-order valence-electron chi connectivity index (χ4n) is 6.32. The Morgan fingerprint density at radius 2 is 1.82 bits per heavy atom. The number of carbonyl (C=O) groups is 1. The molecular formula is C27H49F3N4O5S. The highest BCUT2D eigenvalue weighted by Gasteiger charge is 2.49. The van der Waals surface area contributed by atoms with E-state index < -0.39 is 54.7 Å². The minimum atomic E-state index is -4.20. The van der Waals surface area contributed by atoms with Crippen molar-refractivity contribution in [1.29, 1.82) is 0 Å². The maximum Gasteiger partial charge on any atom is 0.401 e. The first-order chi connectivity index (χ1) is 19.0. The molecule has 40 heavy (non-hydrogen) atoms. The van der Waals surface area contributed by atoms with Crippen LogP contribution in [0.2, 0.25) is 0 Å². The molecule has 9 nitrogen and oxygen atoms in total.